The van der Waals surface area contributed by atoms with Gasteiger partial charge in [-0.1, -0.05) is 13.8 Å². The van der Waals surface area contributed by atoms with Crippen molar-refractivity contribution in [3.8, 4) is 0 Å². The van der Waals surface area contributed by atoms with E-state index >= 15 is 0 Å². The van der Waals surface area contributed by atoms with E-state index in [-0.39, 0.29) is 17.2 Å². The third kappa shape index (κ3) is 3.34. The quantitative estimate of drug-likeness (QED) is 0.544. The summed E-state index contributed by atoms with van der Waals surface area (Å²) < 4.78 is 15.6. The molecule has 3 nitrogen and oxygen atoms in total. The summed E-state index contributed by atoms with van der Waals surface area (Å²) in [5, 5.41) is 11.6. The number of carbonyl (C=O) groups is 1. The van der Waals surface area contributed by atoms with Crippen molar-refractivity contribution in [2.45, 2.75) is 90.7 Å². The minimum Gasteiger partial charge on any atom is -0.390 e. The Morgan fingerprint density at radius 2 is 1.79 bits per heavy atom. The van der Waals surface area contributed by atoms with Crippen LogP contribution in [0, 0.1) is 46.2 Å². The van der Waals surface area contributed by atoms with E-state index in [1.807, 2.05) is 23.8 Å². The fraction of sp³-hybridized carbons (Fsp3) is 0.700. The first kappa shape index (κ1) is 22.8. The topological polar surface area (TPSA) is 42.2 Å². The predicted octanol–water partition coefficient (Wildman–Crippen LogP) is 6.76. The van der Waals surface area contributed by atoms with E-state index in [1.54, 1.807) is 12.1 Å². The normalized spacial score (nSPS) is 43.9. The maximum absolute atomic E-state index is 13.7. The highest BCUT2D eigenvalue weighted by Crippen LogP contribution is 2.68. The van der Waals surface area contributed by atoms with Crippen LogP contribution in [0.25, 0.3) is 10.9 Å². The average molecular weight is 466 g/mol. The minimum atomic E-state index is -0.487. The van der Waals surface area contributed by atoms with Crippen LogP contribution in [0.4, 0.5) is 4.39 Å². The number of rotatable bonds is 3. The lowest BCUT2D eigenvalue weighted by Gasteiger charge is -2.61. The second-order valence-electron chi connectivity index (χ2n) is 13.1. The smallest absolute Gasteiger partial charge is 0.156 e. The number of carbonyl (C=O) groups excluding carboxylic acids is 1. The Balaban J connectivity index is 1.21. The number of ketones is 1. The van der Waals surface area contributed by atoms with Crippen LogP contribution < -0.4 is 0 Å². The third-order valence-electron chi connectivity index (χ3n) is 11.4. The van der Waals surface area contributed by atoms with Crippen molar-refractivity contribution in [2.24, 2.45) is 40.4 Å². The molecule has 0 amide bonds. The molecule has 0 saturated heterocycles. The molecule has 184 valence electrons. The molecule has 6 rings (SSSR count). The number of aromatic nitrogens is 1. The summed E-state index contributed by atoms with van der Waals surface area (Å²) in [5.74, 6) is 3.04. The van der Waals surface area contributed by atoms with Gasteiger partial charge in [0.05, 0.1) is 12.1 Å². The monoisotopic (exact) mass is 465 g/mol. The van der Waals surface area contributed by atoms with Gasteiger partial charge >= 0.3 is 0 Å². The molecular weight excluding hydrogens is 425 g/mol. The van der Waals surface area contributed by atoms with E-state index in [0.29, 0.717) is 29.6 Å². The highest BCUT2D eigenvalue weighted by atomic mass is 19.1. The Labute approximate surface area is 203 Å². The van der Waals surface area contributed by atoms with Crippen molar-refractivity contribution >= 4 is 16.7 Å². The maximum Gasteiger partial charge on any atom is 0.156 e. The summed E-state index contributed by atoms with van der Waals surface area (Å²) in [6.07, 6.45) is 12.1. The van der Waals surface area contributed by atoms with E-state index < -0.39 is 5.60 Å². The third-order valence-corrected chi connectivity index (χ3v) is 11.4. The molecule has 34 heavy (non-hydrogen) atoms. The second kappa shape index (κ2) is 7.66. The number of hydrogen-bond donors (Lipinski definition) is 1. The van der Waals surface area contributed by atoms with Crippen LogP contribution >= 0.6 is 0 Å². The molecule has 4 saturated carbocycles. The van der Waals surface area contributed by atoms with Crippen molar-refractivity contribution in [1.29, 1.82) is 0 Å². The van der Waals surface area contributed by atoms with Gasteiger partial charge in [0.15, 0.2) is 5.78 Å². The van der Waals surface area contributed by atoms with Crippen LogP contribution in [0.3, 0.4) is 0 Å². The number of fused-ring (bicyclic) bond motifs is 6. The molecule has 1 aromatic heterocycles. The number of halogens is 1. The molecule has 0 spiro atoms. The second-order valence-corrected chi connectivity index (χ2v) is 13.1. The van der Waals surface area contributed by atoms with Crippen LogP contribution in [-0.2, 0) is 11.3 Å². The lowest BCUT2D eigenvalue weighted by atomic mass is 9.44. The molecule has 1 aromatic carbocycles. The van der Waals surface area contributed by atoms with Crippen molar-refractivity contribution < 1.29 is 14.3 Å². The SMILES string of the molecule is C[C@@]1(O)CC[C@@]2(C)[C@H](CC[C@@H]3[C@@H]2CC[C@]2(C)[C@@H](C(=O)Cn4ccc5cc(F)ccc54)CC[C@@H]32)C1. The number of benzene rings is 1. The molecule has 1 N–H and O–H groups in total. The Morgan fingerprint density at radius 3 is 2.62 bits per heavy atom. The molecule has 4 fully saturated rings. The highest BCUT2D eigenvalue weighted by molar-refractivity contribution is 5.86. The number of aliphatic hydroxyl groups is 1. The van der Waals surface area contributed by atoms with Crippen LogP contribution in [-0.4, -0.2) is 21.1 Å². The van der Waals surface area contributed by atoms with Crippen LogP contribution in [0.5, 0.6) is 0 Å². The van der Waals surface area contributed by atoms with Gasteiger partial charge in [0.2, 0.25) is 0 Å². The summed E-state index contributed by atoms with van der Waals surface area (Å²) in [4.78, 5) is 13.7. The fourth-order valence-electron chi connectivity index (χ4n) is 9.55. The number of Topliss-reactive ketones (excluding diaryl/α,β-unsaturated/α-hetero) is 1. The zero-order valence-corrected chi connectivity index (χ0v) is 21.0. The first-order valence-corrected chi connectivity index (χ1v) is 13.6. The summed E-state index contributed by atoms with van der Waals surface area (Å²) >= 11 is 0. The zero-order valence-electron chi connectivity index (χ0n) is 21.0. The molecular formula is C30H40FNO2. The van der Waals surface area contributed by atoms with Gasteiger partial charge < -0.3 is 9.67 Å². The largest absolute Gasteiger partial charge is 0.390 e. The van der Waals surface area contributed by atoms with Gasteiger partial charge in [-0.3, -0.25) is 4.79 Å². The van der Waals surface area contributed by atoms with Crippen LogP contribution in [0.1, 0.15) is 78.6 Å². The summed E-state index contributed by atoms with van der Waals surface area (Å²) in [6.45, 7) is 7.38. The Kier molecular flexibility index (Phi) is 5.13. The van der Waals surface area contributed by atoms with E-state index in [1.165, 1.54) is 31.7 Å². The van der Waals surface area contributed by atoms with Gasteiger partial charge in [-0.2, -0.15) is 0 Å². The van der Waals surface area contributed by atoms with Crippen molar-refractivity contribution in [3.05, 3.63) is 36.3 Å². The zero-order chi connectivity index (χ0) is 23.9. The Hall–Kier alpha value is -1.68. The maximum atomic E-state index is 13.7. The van der Waals surface area contributed by atoms with Gasteiger partial charge in [-0.15, -0.1) is 0 Å². The van der Waals surface area contributed by atoms with E-state index in [9.17, 15) is 14.3 Å². The fourth-order valence-corrected chi connectivity index (χ4v) is 9.55. The van der Waals surface area contributed by atoms with Gasteiger partial charge in [0, 0.05) is 23.0 Å². The first-order valence-electron chi connectivity index (χ1n) is 13.6. The lowest BCUT2D eigenvalue weighted by molar-refractivity contribution is -0.150. The summed E-state index contributed by atoms with van der Waals surface area (Å²) in [5.41, 5.74) is 0.918. The highest BCUT2D eigenvalue weighted by Gasteiger charge is 2.61. The molecule has 2 aromatic rings. The molecule has 4 aliphatic rings. The first-order chi connectivity index (χ1) is 16.1. The van der Waals surface area contributed by atoms with Crippen LogP contribution in [0.2, 0.25) is 0 Å². The Morgan fingerprint density at radius 1 is 1.00 bits per heavy atom. The standard InChI is InChI=1S/C30H40FNO2/c1-28(34)13-14-29(2)20(17-28)4-6-22-23-7-8-25(30(23,3)12-10-24(22)29)27(33)18-32-15-11-19-16-21(31)5-9-26(19)32/h5,9,11,15-16,20,22-25,34H,4,6-8,10,12-14,17-18H2,1-3H3/t20-,22+,23+,24+,25-,28-,29+,30+/m1/s1. The van der Waals surface area contributed by atoms with E-state index in [2.05, 4.69) is 13.8 Å². The van der Waals surface area contributed by atoms with E-state index in [0.717, 1.165) is 54.8 Å². The average Bonchev–Trinajstić information content (AvgIpc) is 3.34. The van der Waals surface area contributed by atoms with Crippen molar-refractivity contribution in [1.82, 2.24) is 4.57 Å². The van der Waals surface area contributed by atoms with Gasteiger partial charge in [-0.25, -0.2) is 4.39 Å². The predicted molar refractivity (Wildman–Crippen MR) is 133 cm³/mol. The Bertz CT molecular complexity index is 1120. The molecule has 0 unspecified atom stereocenters. The van der Waals surface area contributed by atoms with Crippen molar-refractivity contribution in [2.75, 3.05) is 0 Å². The molecule has 8 atom stereocenters. The number of nitrogens with zero attached hydrogens (tertiary/aromatic N) is 1. The molecule has 4 heteroatoms. The summed E-state index contributed by atoms with van der Waals surface area (Å²) in [7, 11) is 0. The van der Waals surface area contributed by atoms with Gasteiger partial charge in [0.1, 0.15) is 5.82 Å². The molecule has 0 radical (unpaired) electrons. The molecule has 4 aliphatic carbocycles. The van der Waals surface area contributed by atoms with Gasteiger partial charge in [0.25, 0.3) is 0 Å². The minimum absolute atomic E-state index is 0.108. The van der Waals surface area contributed by atoms with Crippen molar-refractivity contribution in [3.63, 3.8) is 0 Å². The summed E-state index contributed by atoms with van der Waals surface area (Å²) in [6, 6.07) is 6.74. The molecule has 1 heterocycles. The number of hydrogen-bond acceptors (Lipinski definition) is 2. The molecule has 0 aliphatic heterocycles. The lowest BCUT2D eigenvalue weighted by Crippen LogP contribution is -2.55. The van der Waals surface area contributed by atoms with E-state index in [4.69, 9.17) is 0 Å². The van der Waals surface area contributed by atoms with Crippen LogP contribution in [0.15, 0.2) is 30.5 Å². The molecule has 0 bridgehead atoms. The van der Waals surface area contributed by atoms with Gasteiger partial charge in [-0.05, 0) is 123 Å².